The monoisotopic (exact) mass is 354 g/mol. The van der Waals surface area contributed by atoms with Gasteiger partial charge in [0.25, 0.3) is 0 Å². The van der Waals surface area contributed by atoms with Gasteiger partial charge in [0, 0.05) is 50.6 Å². The van der Waals surface area contributed by atoms with Crippen LogP contribution in [0.1, 0.15) is 13.8 Å². The van der Waals surface area contributed by atoms with Crippen LogP contribution in [-0.4, -0.2) is 69.2 Å². The van der Waals surface area contributed by atoms with Crippen molar-refractivity contribution in [1.29, 1.82) is 0 Å². The van der Waals surface area contributed by atoms with Gasteiger partial charge in [-0.3, -0.25) is 0 Å². The lowest BCUT2D eigenvalue weighted by atomic mass is 10.2. The lowest BCUT2D eigenvalue weighted by Gasteiger charge is -2.35. The molecule has 0 bridgehead atoms. The Hall–Kier alpha value is -1.80. The van der Waals surface area contributed by atoms with Gasteiger partial charge in [-0.2, -0.15) is 4.31 Å². The van der Waals surface area contributed by atoms with Crippen LogP contribution in [0.3, 0.4) is 0 Å². The first-order valence-electron chi connectivity index (χ1n) is 8.21. The second-order valence-electron chi connectivity index (χ2n) is 5.80. The summed E-state index contributed by atoms with van der Waals surface area (Å²) >= 11 is 0. The van der Waals surface area contributed by atoms with Crippen molar-refractivity contribution in [3.63, 3.8) is 0 Å². The van der Waals surface area contributed by atoms with Crippen LogP contribution in [0.15, 0.2) is 24.3 Å². The zero-order valence-electron chi connectivity index (χ0n) is 14.5. The molecule has 134 valence electrons. The molecule has 1 aliphatic heterocycles. The topological polar surface area (TPSA) is 73.0 Å². The molecule has 0 unspecified atom stereocenters. The van der Waals surface area contributed by atoms with Crippen molar-refractivity contribution in [2.24, 2.45) is 0 Å². The molecule has 24 heavy (non-hydrogen) atoms. The number of hydrogen-bond donors (Lipinski definition) is 1. The van der Waals surface area contributed by atoms with E-state index in [1.165, 1.54) is 10.6 Å². The van der Waals surface area contributed by atoms with Crippen LogP contribution in [0.4, 0.5) is 16.2 Å². The Morgan fingerprint density at radius 2 is 1.79 bits per heavy atom. The lowest BCUT2D eigenvalue weighted by molar-refractivity contribution is 0.217. The van der Waals surface area contributed by atoms with Gasteiger partial charge in [-0.05, 0) is 32.0 Å². The summed E-state index contributed by atoms with van der Waals surface area (Å²) in [6.07, 6.45) is 1.24. The van der Waals surface area contributed by atoms with E-state index in [4.69, 9.17) is 0 Å². The Morgan fingerprint density at radius 1 is 1.17 bits per heavy atom. The van der Waals surface area contributed by atoms with Gasteiger partial charge in [-0.25, -0.2) is 13.2 Å². The third kappa shape index (κ3) is 4.61. The highest BCUT2D eigenvalue weighted by atomic mass is 32.2. The molecule has 0 aromatic heterocycles. The van der Waals surface area contributed by atoms with Crippen LogP contribution in [-0.2, 0) is 10.0 Å². The van der Waals surface area contributed by atoms with Gasteiger partial charge in [0.1, 0.15) is 0 Å². The van der Waals surface area contributed by atoms with Gasteiger partial charge >= 0.3 is 6.03 Å². The number of rotatable bonds is 5. The Morgan fingerprint density at radius 3 is 2.33 bits per heavy atom. The van der Waals surface area contributed by atoms with Crippen LogP contribution in [0.25, 0.3) is 0 Å². The molecule has 2 amide bonds. The number of urea groups is 1. The van der Waals surface area contributed by atoms with E-state index in [-0.39, 0.29) is 6.03 Å². The number of piperazine rings is 1. The molecule has 8 heteroatoms. The first-order valence-corrected chi connectivity index (χ1v) is 10.1. The maximum absolute atomic E-state index is 12.1. The Balaban J connectivity index is 2.02. The summed E-state index contributed by atoms with van der Waals surface area (Å²) in [6.45, 7) is 7.46. The van der Waals surface area contributed by atoms with Crippen molar-refractivity contribution >= 4 is 27.4 Å². The average Bonchev–Trinajstić information content (AvgIpc) is 2.55. The van der Waals surface area contributed by atoms with Crippen molar-refractivity contribution in [2.75, 3.05) is 55.7 Å². The van der Waals surface area contributed by atoms with E-state index in [0.717, 1.165) is 11.4 Å². The van der Waals surface area contributed by atoms with E-state index in [1.807, 2.05) is 38.1 Å². The summed E-state index contributed by atoms with van der Waals surface area (Å²) in [5.74, 6) is 0. The van der Waals surface area contributed by atoms with Crippen LogP contribution in [0.2, 0.25) is 0 Å². The average molecular weight is 354 g/mol. The fourth-order valence-corrected chi connectivity index (χ4v) is 3.60. The molecular weight excluding hydrogens is 328 g/mol. The summed E-state index contributed by atoms with van der Waals surface area (Å²) in [5.41, 5.74) is 1.73. The normalized spacial score (nSPS) is 16.0. The molecule has 2 rings (SSSR count). The molecule has 1 aliphatic rings. The van der Waals surface area contributed by atoms with Crippen molar-refractivity contribution in [3.8, 4) is 0 Å². The smallest absolute Gasteiger partial charge is 0.321 e. The highest BCUT2D eigenvalue weighted by Gasteiger charge is 2.23. The van der Waals surface area contributed by atoms with Crippen molar-refractivity contribution in [3.05, 3.63) is 24.3 Å². The zero-order valence-corrected chi connectivity index (χ0v) is 15.3. The fraction of sp³-hybridized carbons (Fsp3) is 0.562. The molecule has 0 atom stereocenters. The third-order valence-electron chi connectivity index (χ3n) is 4.22. The van der Waals surface area contributed by atoms with E-state index < -0.39 is 10.0 Å². The van der Waals surface area contributed by atoms with E-state index >= 15 is 0 Å². The SMILES string of the molecule is CCN(CC)C(=O)Nc1cccc(N2CCN(S(C)(=O)=O)CC2)c1. The highest BCUT2D eigenvalue weighted by Crippen LogP contribution is 2.21. The standard InChI is InChI=1S/C16H26N4O3S/c1-4-18(5-2)16(21)17-14-7-6-8-15(13-14)19-9-11-20(12-10-19)24(3,22)23/h6-8,13H,4-5,9-12H2,1-3H3,(H,17,21). The number of nitrogens with one attached hydrogen (secondary N) is 1. The number of carbonyl (C=O) groups is 1. The third-order valence-corrected chi connectivity index (χ3v) is 5.52. The summed E-state index contributed by atoms with van der Waals surface area (Å²) < 4.78 is 24.7. The van der Waals surface area contributed by atoms with E-state index in [9.17, 15) is 13.2 Å². The minimum absolute atomic E-state index is 0.112. The summed E-state index contributed by atoms with van der Waals surface area (Å²) in [5, 5.41) is 2.91. The first kappa shape index (κ1) is 18.5. The van der Waals surface area contributed by atoms with Crippen LogP contribution >= 0.6 is 0 Å². The number of amides is 2. The molecule has 1 N–H and O–H groups in total. The second-order valence-corrected chi connectivity index (χ2v) is 7.78. The summed E-state index contributed by atoms with van der Waals surface area (Å²) in [7, 11) is -3.13. The van der Waals surface area contributed by atoms with Crippen LogP contribution in [0.5, 0.6) is 0 Å². The Kier molecular flexibility index (Phi) is 6.06. The number of hydrogen-bond acceptors (Lipinski definition) is 4. The fourth-order valence-electron chi connectivity index (χ4n) is 2.77. The maximum Gasteiger partial charge on any atom is 0.321 e. The lowest BCUT2D eigenvalue weighted by Crippen LogP contribution is -2.48. The van der Waals surface area contributed by atoms with Crippen molar-refractivity contribution < 1.29 is 13.2 Å². The molecule has 0 aliphatic carbocycles. The molecule has 0 saturated carbocycles. The molecule has 1 aromatic carbocycles. The molecule has 0 spiro atoms. The van der Waals surface area contributed by atoms with Crippen molar-refractivity contribution in [2.45, 2.75) is 13.8 Å². The van der Waals surface area contributed by atoms with E-state index in [1.54, 1.807) is 4.90 Å². The quantitative estimate of drug-likeness (QED) is 0.872. The van der Waals surface area contributed by atoms with Gasteiger partial charge in [0.05, 0.1) is 6.26 Å². The minimum atomic E-state index is -3.13. The molecule has 1 fully saturated rings. The van der Waals surface area contributed by atoms with Gasteiger partial charge in [0.15, 0.2) is 0 Å². The summed E-state index contributed by atoms with van der Waals surface area (Å²) in [6, 6.07) is 7.55. The largest absolute Gasteiger partial charge is 0.369 e. The van der Waals surface area contributed by atoms with Crippen molar-refractivity contribution in [1.82, 2.24) is 9.21 Å². The number of carbonyl (C=O) groups excluding carboxylic acids is 1. The predicted octanol–water partition coefficient (Wildman–Crippen LogP) is 1.64. The number of sulfonamides is 1. The molecular formula is C16H26N4O3S. The molecule has 7 nitrogen and oxygen atoms in total. The number of benzene rings is 1. The maximum atomic E-state index is 12.1. The molecule has 1 saturated heterocycles. The van der Waals surface area contributed by atoms with Gasteiger partial charge in [-0.15, -0.1) is 0 Å². The number of nitrogens with zero attached hydrogens (tertiary/aromatic N) is 3. The number of anilines is 2. The highest BCUT2D eigenvalue weighted by molar-refractivity contribution is 7.88. The first-order chi connectivity index (χ1) is 11.3. The zero-order chi connectivity index (χ0) is 17.7. The molecule has 1 aromatic rings. The van der Waals surface area contributed by atoms with Gasteiger partial charge in [-0.1, -0.05) is 6.07 Å². The second kappa shape index (κ2) is 7.85. The van der Waals surface area contributed by atoms with Crippen LogP contribution in [0, 0.1) is 0 Å². The van der Waals surface area contributed by atoms with Gasteiger partial charge < -0.3 is 15.1 Å². The van der Waals surface area contributed by atoms with E-state index in [0.29, 0.717) is 39.3 Å². The molecule has 0 radical (unpaired) electrons. The molecule has 1 heterocycles. The minimum Gasteiger partial charge on any atom is -0.369 e. The summed E-state index contributed by atoms with van der Waals surface area (Å²) in [4.78, 5) is 16.0. The Labute approximate surface area is 144 Å². The Bertz CT molecular complexity index is 666. The van der Waals surface area contributed by atoms with Crippen LogP contribution < -0.4 is 10.2 Å². The van der Waals surface area contributed by atoms with Gasteiger partial charge in [0.2, 0.25) is 10.0 Å². The van der Waals surface area contributed by atoms with E-state index in [2.05, 4.69) is 10.2 Å². The predicted molar refractivity (Wildman–Crippen MR) is 97.0 cm³/mol.